The maximum Gasteiger partial charge on any atom is 0.102 e. The third-order valence-corrected chi connectivity index (χ3v) is 2.03. The van der Waals surface area contributed by atoms with Gasteiger partial charge in [0.25, 0.3) is 0 Å². The summed E-state index contributed by atoms with van der Waals surface area (Å²) < 4.78 is 11.7. The summed E-state index contributed by atoms with van der Waals surface area (Å²) in [7, 11) is 0. The van der Waals surface area contributed by atoms with Crippen molar-refractivity contribution < 1.29 is 4.39 Å². The SMILES string of the molecule is FCCNCCc1ccc(Cl)cc1. The van der Waals surface area contributed by atoms with Crippen molar-refractivity contribution in [2.45, 2.75) is 6.42 Å². The molecule has 0 amide bonds. The van der Waals surface area contributed by atoms with Gasteiger partial charge in [0, 0.05) is 11.6 Å². The highest BCUT2D eigenvalue weighted by molar-refractivity contribution is 6.30. The van der Waals surface area contributed by atoms with E-state index in [1.807, 2.05) is 24.3 Å². The molecule has 0 heterocycles. The van der Waals surface area contributed by atoms with E-state index in [1.165, 1.54) is 5.56 Å². The molecule has 1 rings (SSSR count). The van der Waals surface area contributed by atoms with Gasteiger partial charge < -0.3 is 5.32 Å². The van der Waals surface area contributed by atoms with Crippen LogP contribution in [0.4, 0.5) is 4.39 Å². The molecule has 0 aromatic heterocycles. The van der Waals surface area contributed by atoms with Crippen molar-refractivity contribution in [3.63, 3.8) is 0 Å². The summed E-state index contributed by atoms with van der Waals surface area (Å²) in [6.07, 6.45) is 0.914. The van der Waals surface area contributed by atoms with E-state index in [-0.39, 0.29) is 6.67 Å². The van der Waals surface area contributed by atoms with Crippen molar-refractivity contribution >= 4 is 11.6 Å². The van der Waals surface area contributed by atoms with Crippen LogP contribution in [0.5, 0.6) is 0 Å². The van der Waals surface area contributed by atoms with E-state index < -0.39 is 0 Å². The summed E-state index contributed by atoms with van der Waals surface area (Å²) in [4.78, 5) is 0. The molecule has 0 unspecified atom stereocenters. The van der Waals surface area contributed by atoms with Crippen LogP contribution >= 0.6 is 11.6 Å². The van der Waals surface area contributed by atoms with Crippen LogP contribution in [0.1, 0.15) is 5.56 Å². The second kappa shape index (κ2) is 5.95. The highest BCUT2D eigenvalue weighted by Crippen LogP contribution is 2.09. The molecule has 13 heavy (non-hydrogen) atoms. The molecule has 3 heteroatoms. The first-order valence-electron chi connectivity index (χ1n) is 4.34. The molecular weight excluding hydrogens is 189 g/mol. The highest BCUT2D eigenvalue weighted by Gasteiger charge is 1.92. The first-order valence-corrected chi connectivity index (χ1v) is 4.72. The Bertz CT molecular complexity index is 235. The van der Waals surface area contributed by atoms with Gasteiger partial charge in [-0.3, -0.25) is 0 Å². The average Bonchev–Trinajstić information content (AvgIpc) is 2.15. The third-order valence-electron chi connectivity index (χ3n) is 1.77. The first-order chi connectivity index (χ1) is 6.33. The van der Waals surface area contributed by atoms with Gasteiger partial charge in [0.2, 0.25) is 0 Å². The van der Waals surface area contributed by atoms with Gasteiger partial charge in [0.15, 0.2) is 0 Å². The Labute approximate surface area is 82.9 Å². The van der Waals surface area contributed by atoms with Crippen LogP contribution in [0.3, 0.4) is 0 Å². The molecule has 0 saturated heterocycles. The summed E-state index contributed by atoms with van der Waals surface area (Å²) in [5.74, 6) is 0. The van der Waals surface area contributed by atoms with E-state index in [2.05, 4.69) is 5.32 Å². The molecule has 0 fully saturated rings. The van der Waals surface area contributed by atoms with E-state index in [9.17, 15) is 4.39 Å². The molecule has 0 saturated carbocycles. The smallest absolute Gasteiger partial charge is 0.102 e. The first kappa shape index (κ1) is 10.5. The minimum Gasteiger partial charge on any atom is -0.314 e. The average molecular weight is 202 g/mol. The Hall–Kier alpha value is -0.600. The van der Waals surface area contributed by atoms with Crippen LogP contribution in [0.2, 0.25) is 5.02 Å². The molecule has 1 aromatic carbocycles. The Morgan fingerprint density at radius 3 is 2.46 bits per heavy atom. The molecule has 1 aromatic rings. The van der Waals surface area contributed by atoms with Crippen molar-refractivity contribution in [3.05, 3.63) is 34.9 Å². The van der Waals surface area contributed by atoms with Crippen LogP contribution < -0.4 is 5.32 Å². The largest absolute Gasteiger partial charge is 0.314 e. The Morgan fingerprint density at radius 2 is 1.85 bits per heavy atom. The van der Waals surface area contributed by atoms with Gasteiger partial charge in [-0.15, -0.1) is 0 Å². The number of nitrogens with one attached hydrogen (secondary N) is 1. The lowest BCUT2D eigenvalue weighted by Gasteiger charge is -2.02. The maximum absolute atomic E-state index is 11.7. The van der Waals surface area contributed by atoms with E-state index in [1.54, 1.807) is 0 Å². The van der Waals surface area contributed by atoms with Crippen molar-refractivity contribution in [2.24, 2.45) is 0 Å². The topological polar surface area (TPSA) is 12.0 Å². The second-order valence-electron chi connectivity index (χ2n) is 2.82. The normalized spacial score (nSPS) is 10.3. The Morgan fingerprint density at radius 1 is 1.15 bits per heavy atom. The lowest BCUT2D eigenvalue weighted by atomic mass is 10.1. The van der Waals surface area contributed by atoms with Crippen LogP contribution in [0.25, 0.3) is 0 Å². The van der Waals surface area contributed by atoms with Crippen LogP contribution in [-0.2, 0) is 6.42 Å². The zero-order valence-corrected chi connectivity index (χ0v) is 8.15. The lowest BCUT2D eigenvalue weighted by Crippen LogP contribution is -2.19. The summed E-state index contributed by atoms with van der Waals surface area (Å²) in [6.45, 7) is 0.944. The van der Waals surface area contributed by atoms with Gasteiger partial charge in [-0.25, -0.2) is 4.39 Å². The lowest BCUT2D eigenvalue weighted by molar-refractivity contribution is 0.468. The fraction of sp³-hybridized carbons (Fsp3) is 0.400. The zero-order chi connectivity index (χ0) is 9.52. The van der Waals surface area contributed by atoms with Gasteiger partial charge in [0.05, 0.1) is 0 Å². The Kier molecular flexibility index (Phi) is 4.79. The summed E-state index contributed by atoms with van der Waals surface area (Å²) >= 11 is 5.73. The highest BCUT2D eigenvalue weighted by atomic mass is 35.5. The predicted octanol–water partition coefficient (Wildman–Crippen LogP) is 2.44. The van der Waals surface area contributed by atoms with Gasteiger partial charge in [-0.05, 0) is 30.7 Å². The molecule has 0 bridgehead atoms. The van der Waals surface area contributed by atoms with Crippen molar-refractivity contribution in [3.8, 4) is 0 Å². The quantitative estimate of drug-likeness (QED) is 0.722. The van der Waals surface area contributed by atoms with Gasteiger partial charge in [0.1, 0.15) is 6.67 Å². The summed E-state index contributed by atoms with van der Waals surface area (Å²) in [5.41, 5.74) is 1.22. The van der Waals surface area contributed by atoms with E-state index in [0.29, 0.717) is 6.54 Å². The Balaban J connectivity index is 2.25. The van der Waals surface area contributed by atoms with Crippen molar-refractivity contribution in [1.82, 2.24) is 5.32 Å². The van der Waals surface area contributed by atoms with Crippen molar-refractivity contribution in [1.29, 1.82) is 0 Å². The fourth-order valence-corrected chi connectivity index (χ4v) is 1.20. The van der Waals surface area contributed by atoms with Crippen LogP contribution in [0, 0.1) is 0 Å². The van der Waals surface area contributed by atoms with Crippen LogP contribution in [0.15, 0.2) is 24.3 Å². The number of alkyl halides is 1. The summed E-state index contributed by atoms with van der Waals surface area (Å²) in [6, 6.07) is 7.71. The van der Waals surface area contributed by atoms with Gasteiger partial charge in [-0.2, -0.15) is 0 Å². The van der Waals surface area contributed by atoms with Gasteiger partial charge in [-0.1, -0.05) is 23.7 Å². The molecule has 72 valence electrons. The number of halogens is 2. The number of rotatable bonds is 5. The molecule has 0 atom stereocenters. The minimum atomic E-state index is -0.305. The predicted molar refractivity (Wildman–Crippen MR) is 54.0 cm³/mol. The van der Waals surface area contributed by atoms with E-state index in [0.717, 1.165) is 18.0 Å². The molecule has 0 radical (unpaired) electrons. The summed E-state index contributed by atoms with van der Waals surface area (Å²) in [5, 5.41) is 3.74. The number of hydrogen-bond donors (Lipinski definition) is 1. The molecule has 0 spiro atoms. The number of hydrogen-bond acceptors (Lipinski definition) is 1. The van der Waals surface area contributed by atoms with Gasteiger partial charge >= 0.3 is 0 Å². The molecule has 0 aliphatic heterocycles. The standard InChI is InChI=1S/C10H13ClFN/c11-10-3-1-9(2-4-10)5-7-13-8-6-12/h1-4,13H,5-8H2. The minimum absolute atomic E-state index is 0.305. The fourth-order valence-electron chi connectivity index (χ4n) is 1.08. The monoisotopic (exact) mass is 201 g/mol. The van der Waals surface area contributed by atoms with E-state index >= 15 is 0 Å². The molecular formula is C10H13ClFN. The number of benzene rings is 1. The van der Waals surface area contributed by atoms with E-state index in [4.69, 9.17) is 11.6 Å². The second-order valence-corrected chi connectivity index (χ2v) is 3.25. The van der Waals surface area contributed by atoms with Crippen LogP contribution in [-0.4, -0.2) is 19.8 Å². The third kappa shape index (κ3) is 4.25. The zero-order valence-electron chi connectivity index (χ0n) is 7.39. The van der Waals surface area contributed by atoms with Crippen molar-refractivity contribution in [2.75, 3.05) is 19.8 Å². The maximum atomic E-state index is 11.7. The molecule has 0 aliphatic rings. The molecule has 1 N–H and O–H groups in total. The molecule has 1 nitrogen and oxygen atoms in total. The molecule has 0 aliphatic carbocycles.